The number of anilines is 1. The van der Waals surface area contributed by atoms with E-state index in [1.54, 1.807) is 0 Å². The Morgan fingerprint density at radius 2 is 1.89 bits per heavy atom. The lowest BCUT2D eigenvalue weighted by atomic mass is 9.98. The molecule has 1 aliphatic heterocycles. The Labute approximate surface area is 160 Å². The first-order valence-corrected chi connectivity index (χ1v) is 9.02. The van der Waals surface area contributed by atoms with Crippen LogP contribution in [0.3, 0.4) is 0 Å². The summed E-state index contributed by atoms with van der Waals surface area (Å²) in [5.41, 5.74) is 0.741. The third-order valence-electron chi connectivity index (χ3n) is 4.70. The smallest absolute Gasteiger partial charge is 0.368 e. The zero-order chi connectivity index (χ0) is 20.3. The molecule has 1 fully saturated rings. The van der Waals surface area contributed by atoms with Crippen molar-refractivity contribution in [2.75, 3.05) is 11.9 Å². The van der Waals surface area contributed by atoms with Crippen LogP contribution < -0.4 is 5.32 Å². The monoisotopic (exact) mass is 397 g/mol. The summed E-state index contributed by atoms with van der Waals surface area (Å²) < 4.78 is 45.2. The summed E-state index contributed by atoms with van der Waals surface area (Å²) in [6, 6.07) is 9.77. The van der Waals surface area contributed by atoms with Crippen LogP contribution in [0.1, 0.15) is 54.3 Å². The number of alkyl halides is 3. The second-order valence-corrected chi connectivity index (χ2v) is 6.75. The van der Waals surface area contributed by atoms with Gasteiger partial charge in [-0.25, -0.2) is 9.97 Å². The fourth-order valence-electron chi connectivity index (χ4n) is 3.26. The number of rotatable bonds is 5. The van der Waals surface area contributed by atoms with E-state index in [9.17, 15) is 23.4 Å². The fourth-order valence-corrected chi connectivity index (χ4v) is 3.26. The highest BCUT2D eigenvalue weighted by Gasteiger charge is 2.36. The maximum Gasteiger partial charge on any atom is 0.451 e. The minimum absolute atomic E-state index is 0.0613. The molecular weight excluding hydrogens is 375 g/mol. The molecule has 0 bridgehead atoms. The van der Waals surface area contributed by atoms with E-state index in [2.05, 4.69) is 15.3 Å². The van der Waals surface area contributed by atoms with Crippen molar-refractivity contribution in [1.29, 1.82) is 0 Å². The number of ether oxygens (including phenoxy) is 1. The molecule has 0 unspecified atom stereocenters. The third-order valence-corrected chi connectivity index (χ3v) is 4.70. The summed E-state index contributed by atoms with van der Waals surface area (Å²) in [5, 5.41) is 21.5. The number of halogens is 3. The quantitative estimate of drug-likeness (QED) is 0.670. The van der Waals surface area contributed by atoms with Crippen LogP contribution in [0.2, 0.25) is 0 Å². The molecule has 0 spiro atoms. The van der Waals surface area contributed by atoms with Crippen LogP contribution in [0.5, 0.6) is 0 Å². The van der Waals surface area contributed by atoms with Crippen LogP contribution in [0.25, 0.3) is 0 Å². The number of aliphatic hydroxyl groups excluding tert-OH is 1. The van der Waals surface area contributed by atoms with Gasteiger partial charge in [0.15, 0.2) is 6.29 Å². The van der Waals surface area contributed by atoms with E-state index in [0.29, 0.717) is 0 Å². The van der Waals surface area contributed by atoms with E-state index in [1.165, 1.54) is 6.92 Å². The minimum atomic E-state index is -4.80. The second-order valence-electron chi connectivity index (χ2n) is 6.75. The molecule has 6 nitrogen and oxygen atoms in total. The van der Waals surface area contributed by atoms with Gasteiger partial charge >= 0.3 is 6.18 Å². The molecular formula is C19H22F3N3O3. The molecule has 3 N–H and O–H groups in total. The Balaban J connectivity index is 1.74. The van der Waals surface area contributed by atoms with Crippen molar-refractivity contribution >= 4 is 5.82 Å². The molecule has 1 aliphatic rings. The van der Waals surface area contributed by atoms with Gasteiger partial charge in [-0.3, -0.25) is 0 Å². The van der Waals surface area contributed by atoms with E-state index < -0.39 is 24.0 Å². The van der Waals surface area contributed by atoms with Crippen molar-refractivity contribution in [3.8, 4) is 0 Å². The van der Waals surface area contributed by atoms with Crippen LogP contribution in [0.4, 0.5) is 19.0 Å². The standard InChI is InChI=1S/C19H22F3N3O3/c1-11-15(17(26)27)24-18(19(20,21)22)25-16(11)23-10-13-8-5-9-14(28-13)12-6-3-2-4-7-12/h2-4,6-7,13-14,17,26-27H,5,8-10H2,1H3,(H,23,24,25)/t13-,14+/m1/s1. The Morgan fingerprint density at radius 1 is 1.18 bits per heavy atom. The lowest BCUT2D eigenvalue weighted by Crippen LogP contribution is -2.30. The Morgan fingerprint density at radius 3 is 2.54 bits per heavy atom. The zero-order valence-corrected chi connectivity index (χ0v) is 15.3. The zero-order valence-electron chi connectivity index (χ0n) is 15.3. The molecule has 28 heavy (non-hydrogen) atoms. The highest BCUT2D eigenvalue weighted by atomic mass is 19.4. The van der Waals surface area contributed by atoms with E-state index in [1.807, 2.05) is 30.3 Å². The van der Waals surface area contributed by atoms with E-state index in [-0.39, 0.29) is 30.1 Å². The number of nitrogens with one attached hydrogen (secondary N) is 1. The number of aromatic nitrogens is 2. The van der Waals surface area contributed by atoms with Crippen LogP contribution in [-0.2, 0) is 10.9 Å². The number of benzene rings is 1. The summed E-state index contributed by atoms with van der Waals surface area (Å²) in [7, 11) is 0. The van der Waals surface area contributed by atoms with Crippen molar-refractivity contribution < 1.29 is 28.1 Å². The summed E-state index contributed by atoms with van der Waals surface area (Å²) in [6.07, 6.45) is -4.61. The molecule has 9 heteroatoms. The second kappa shape index (κ2) is 8.42. The van der Waals surface area contributed by atoms with Crippen molar-refractivity contribution in [2.45, 2.75) is 50.9 Å². The number of nitrogens with zero attached hydrogens (tertiary/aromatic N) is 2. The lowest BCUT2D eigenvalue weighted by molar-refractivity contribution is -0.145. The first-order valence-electron chi connectivity index (χ1n) is 9.02. The van der Waals surface area contributed by atoms with Gasteiger partial charge in [0.2, 0.25) is 5.82 Å². The third kappa shape index (κ3) is 4.78. The van der Waals surface area contributed by atoms with Crippen molar-refractivity contribution in [3.63, 3.8) is 0 Å². The summed E-state index contributed by atoms with van der Waals surface area (Å²) >= 11 is 0. The Bertz CT molecular complexity index is 800. The van der Waals surface area contributed by atoms with Gasteiger partial charge in [0, 0.05) is 12.1 Å². The van der Waals surface area contributed by atoms with Crippen LogP contribution in [0, 0.1) is 6.92 Å². The van der Waals surface area contributed by atoms with Gasteiger partial charge in [-0.15, -0.1) is 0 Å². The van der Waals surface area contributed by atoms with E-state index >= 15 is 0 Å². The first-order chi connectivity index (χ1) is 13.3. The maximum atomic E-state index is 13.0. The molecule has 152 valence electrons. The Hall–Kier alpha value is -2.23. The topological polar surface area (TPSA) is 87.5 Å². The Kier molecular flexibility index (Phi) is 6.17. The fraction of sp³-hybridized carbons (Fsp3) is 0.474. The molecule has 2 heterocycles. The summed E-state index contributed by atoms with van der Waals surface area (Å²) in [4.78, 5) is 6.77. The molecule has 1 saturated heterocycles. The first kappa shape index (κ1) is 20.5. The van der Waals surface area contributed by atoms with E-state index in [0.717, 1.165) is 24.8 Å². The van der Waals surface area contributed by atoms with Crippen molar-refractivity contribution in [1.82, 2.24) is 9.97 Å². The molecule has 2 aromatic rings. The molecule has 3 rings (SSSR count). The van der Waals surface area contributed by atoms with Gasteiger partial charge in [0.05, 0.1) is 12.2 Å². The van der Waals surface area contributed by atoms with Gasteiger partial charge in [0.25, 0.3) is 0 Å². The van der Waals surface area contributed by atoms with Gasteiger partial charge in [0.1, 0.15) is 11.5 Å². The van der Waals surface area contributed by atoms with Crippen LogP contribution in [-0.4, -0.2) is 32.8 Å². The van der Waals surface area contributed by atoms with Gasteiger partial charge in [-0.1, -0.05) is 30.3 Å². The van der Waals surface area contributed by atoms with Crippen molar-refractivity contribution in [2.24, 2.45) is 0 Å². The average Bonchev–Trinajstić information content (AvgIpc) is 2.67. The molecule has 0 aliphatic carbocycles. The average molecular weight is 397 g/mol. The summed E-state index contributed by atoms with van der Waals surface area (Å²) in [6.45, 7) is 1.69. The number of aliphatic hydroxyl groups is 2. The van der Waals surface area contributed by atoms with Gasteiger partial charge in [-0.2, -0.15) is 13.2 Å². The predicted molar refractivity (Wildman–Crippen MR) is 95.3 cm³/mol. The minimum Gasteiger partial charge on any atom is -0.368 e. The molecule has 0 amide bonds. The van der Waals surface area contributed by atoms with Crippen LogP contribution >= 0.6 is 0 Å². The molecule has 0 saturated carbocycles. The number of hydrogen-bond acceptors (Lipinski definition) is 6. The molecule has 1 aromatic heterocycles. The normalized spacial score (nSPS) is 20.4. The summed E-state index contributed by atoms with van der Waals surface area (Å²) in [5.74, 6) is -1.51. The number of hydrogen-bond donors (Lipinski definition) is 3. The maximum absolute atomic E-state index is 13.0. The molecule has 0 radical (unpaired) electrons. The van der Waals surface area contributed by atoms with Gasteiger partial charge in [-0.05, 0) is 31.7 Å². The molecule has 2 atom stereocenters. The SMILES string of the molecule is Cc1c(NC[C@H]2CCC[C@@H](c3ccccc3)O2)nc(C(F)(F)F)nc1C(O)O. The van der Waals surface area contributed by atoms with Crippen LogP contribution in [0.15, 0.2) is 30.3 Å². The predicted octanol–water partition coefficient (Wildman–Crippen LogP) is 3.51. The van der Waals surface area contributed by atoms with Gasteiger partial charge < -0.3 is 20.3 Å². The lowest BCUT2D eigenvalue weighted by Gasteiger charge is -2.31. The van der Waals surface area contributed by atoms with E-state index in [4.69, 9.17) is 4.74 Å². The highest BCUT2D eigenvalue weighted by Crippen LogP contribution is 2.33. The van der Waals surface area contributed by atoms with Crippen molar-refractivity contribution in [3.05, 3.63) is 53.0 Å². The largest absolute Gasteiger partial charge is 0.451 e. The highest BCUT2D eigenvalue weighted by molar-refractivity contribution is 5.46. The molecule has 1 aromatic carbocycles.